The van der Waals surface area contributed by atoms with Crippen molar-refractivity contribution in [2.24, 2.45) is 0 Å². The first kappa shape index (κ1) is 13.0. The Kier molecular flexibility index (Phi) is 3.69. The highest BCUT2D eigenvalue weighted by molar-refractivity contribution is 5.84. The summed E-state index contributed by atoms with van der Waals surface area (Å²) in [7, 11) is 0. The van der Waals surface area contributed by atoms with Crippen molar-refractivity contribution in [3.63, 3.8) is 0 Å². The van der Waals surface area contributed by atoms with Crippen LogP contribution in [0.25, 0.3) is 23.4 Å². The van der Waals surface area contributed by atoms with Gasteiger partial charge in [0.25, 0.3) is 0 Å². The van der Waals surface area contributed by atoms with Gasteiger partial charge < -0.3 is 5.73 Å². The predicted molar refractivity (Wildman–Crippen MR) is 85.0 cm³/mol. The molecule has 2 aromatic carbocycles. The van der Waals surface area contributed by atoms with Crippen molar-refractivity contribution in [1.29, 1.82) is 0 Å². The number of benzene rings is 2. The lowest BCUT2D eigenvalue weighted by atomic mass is 10.0. The molecule has 0 aliphatic rings. The quantitative estimate of drug-likeness (QED) is 0.588. The van der Waals surface area contributed by atoms with Crippen LogP contribution >= 0.6 is 0 Å². The third-order valence-electron chi connectivity index (χ3n) is 3.17. The zero-order valence-corrected chi connectivity index (χ0v) is 11.3. The van der Waals surface area contributed by atoms with Crippen molar-refractivity contribution in [2.45, 2.75) is 0 Å². The smallest absolute Gasteiger partial charge is 0.0984 e. The van der Waals surface area contributed by atoms with E-state index in [0.717, 1.165) is 22.4 Å². The Morgan fingerprint density at radius 1 is 0.857 bits per heavy atom. The molecule has 3 rings (SSSR count). The number of nitrogens with zero attached hydrogens (tertiary/aromatic N) is 3. The van der Waals surface area contributed by atoms with Gasteiger partial charge in [0.15, 0.2) is 0 Å². The second kappa shape index (κ2) is 5.96. The van der Waals surface area contributed by atoms with Gasteiger partial charge in [-0.25, -0.2) is 0 Å². The van der Waals surface area contributed by atoms with E-state index in [-0.39, 0.29) is 0 Å². The zero-order chi connectivity index (χ0) is 14.5. The molecule has 102 valence electrons. The van der Waals surface area contributed by atoms with Crippen LogP contribution in [0.4, 0.5) is 5.69 Å². The van der Waals surface area contributed by atoms with Crippen LogP contribution in [0.3, 0.4) is 0 Å². The van der Waals surface area contributed by atoms with Crippen LogP contribution in [-0.4, -0.2) is 15.4 Å². The van der Waals surface area contributed by atoms with E-state index in [2.05, 4.69) is 15.4 Å². The van der Waals surface area contributed by atoms with E-state index in [9.17, 15) is 0 Å². The first-order chi connectivity index (χ1) is 10.3. The fourth-order valence-electron chi connectivity index (χ4n) is 2.09. The molecule has 3 aromatic rings. The van der Waals surface area contributed by atoms with Gasteiger partial charge in [0, 0.05) is 11.3 Å². The van der Waals surface area contributed by atoms with Crippen molar-refractivity contribution in [3.8, 4) is 11.3 Å². The van der Waals surface area contributed by atoms with Crippen molar-refractivity contribution in [2.75, 3.05) is 5.73 Å². The van der Waals surface area contributed by atoms with Gasteiger partial charge in [-0.15, -0.1) is 10.2 Å². The first-order valence-corrected chi connectivity index (χ1v) is 6.61. The fourth-order valence-corrected chi connectivity index (χ4v) is 2.09. The molecule has 0 spiro atoms. The summed E-state index contributed by atoms with van der Waals surface area (Å²) in [4.78, 5) is 0. The Hall–Kier alpha value is -3.01. The Balaban J connectivity index is 1.96. The van der Waals surface area contributed by atoms with Gasteiger partial charge >= 0.3 is 0 Å². The summed E-state index contributed by atoms with van der Waals surface area (Å²) < 4.78 is 0. The Morgan fingerprint density at radius 3 is 2.48 bits per heavy atom. The first-order valence-electron chi connectivity index (χ1n) is 6.61. The molecular formula is C17H14N4. The van der Waals surface area contributed by atoms with Crippen LogP contribution < -0.4 is 5.73 Å². The third kappa shape index (κ3) is 2.95. The normalized spacial score (nSPS) is 10.9. The minimum atomic E-state index is 0.685. The van der Waals surface area contributed by atoms with E-state index >= 15 is 0 Å². The van der Waals surface area contributed by atoms with Gasteiger partial charge in [-0.2, -0.15) is 0 Å². The highest BCUT2D eigenvalue weighted by atomic mass is 15.3. The third-order valence-corrected chi connectivity index (χ3v) is 3.17. The lowest BCUT2D eigenvalue weighted by Gasteiger charge is -2.07. The standard InChI is InChI=1S/C17H14N4/c18-17-14(10-9-13-5-2-1-3-6-13)7-4-8-15(17)16-11-12-19-21-20-16/h1-12H,18H2/b10-9+. The van der Waals surface area contributed by atoms with Crippen molar-refractivity contribution in [1.82, 2.24) is 15.4 Å². The summed E-state index contributed by atoms with van der Waals surface area (Å²) in [6.45, 7) is 0. The summed E-state index contributed by atoms with van der Waals surface area (Å²) in [5.41, 5.74) is 10.6. The molecule has 1 heterocycles. The highest BCUT2D eigenvalue weighted by Crippen LogP contribution is 2.27. The largest absolute Gasteiger partial charge is 0.398 e. The SMILES string of the molecule is Nc1c(/C=C/c2ccccc2)cccc1-c1ccnnn1. The number of anilines is 1. The molecule has 0 saturated carbocycles. The number of para-hydroxylation sites is 1. The monoisotopic (exact) mass is 274 g/mol. The maximum Gasteiger partial charge on any atom is 0.0984 e. The van der Waals surface area contributed by atoms with Gasteiger partial charge in [0.05, 0.1) is 11.9 Å². The molecule has 0 radical (unpaired) electrons. The summed E-state index contributed by atoms with van der Waals surface area (Å²) in [5.74, 6) is 0. The van der Waals surface area contributed by atoms with Crippen LogP contribution in [-0.2, 0) is 0 Å². The van der Waals surface area contributed by atoms with E-state index in [1.54, 1.807) is 12.3 Å². The van der Waals surface area contributed by atoms with Crippen LogP contribution in [0, 0.1) is 0 Å². The minimum absolute atomic E-state index is 0.685. The number of nitrogens with two attached hydrogens (primary N) is 1. The fraction of sp³-hybridized carbons (Fsp3) is 0. The van der Waals surface area contributed by atoms with Crippen LogP contribution in [0.15, 0.2) is 60.8 Å². The van der Waals surface area contributed by atoms with Gasteiger partial charge in [-0.05, 0) is 22.4 Å². The highest BCUT2D eigenvalue weighted by Gasteiger charge is 2.06. The zero-order valence-electron chi connectivity index (χ0n) is 11.3. The molecule has 21 heavy (non-hydrogen) atoms. The van der Waals surface area contributed by atoms with Crippen LogP contribution in [0.1, 0.15) is 11.1 Å². The molecule has 0 aliphatic carbocycles. The molecule has 0 unspecified atom stereocenters. The van der Waals surface area contributed by atoms with E-state index < -0.39 is 0 Å². The van der Waals surface area contributed by atoms with Gasteiger partial charge in [0.1, 0.15) is 0 Å². The van der Waals surface area contributed by atoms with Crippen molar-refractivity contribution < 1.29 is 0 Å². The molecule has 0 aliphatic heterocycles. The summed E-state index contributed by atoms with van der Waals surface area (Å²) in [5, 5.41) is 11.3. The lowest BCUT2D eigenvalue weighted by Crippen LogP contribution is -1.96. The molecule has 0 atom stereocenters. The second-order valence-corrected chi connectivity index (χ2v) is 4.56. The molecular weight excluding hydrogens is 260 g/mol. The molecule has 2 N–H and O–H groups in total. The molecule has 0 fully saturated rings. The van der Waals surface area contributed by atoms with Crippen LogP contribution in [0.5, 0.6) is 0 Å². The molecule has 0 saturated heterocycles. The predicted octanol–water partition coefficient (Wildman–Crippen LogP) is 3.29. The van der Waals surface area contributed by atoms with Gasteiger partial charge in [-0.1, -0.05) is 60.7 Å². The van der Waals surface area contributed by atoms with E-state index in [1.807, 2.05) is 60.7 Å². The maximum absolute atomic E-state index is 6.24. The summed E-state index contributed by atoms with van der Waals surface area (Å²) in [6.07, 6.45) is 5.64. The number of aromatic nitrogens is 3. The topological polar surface area (TPSA) is 64.7 Å². The van der Waals surface area contributed by atoms with Gasteiger partial charge in [0.2, 0.25) is 0 Å². The minimum Gasteiger partial charge on any atom is -0.398 e. The maximum atomic E-state index is 6.24. The number of nitrogen functional groups attached to an aromatic ring is 1. The molecule has 0 amide bonds. The van der Waals surface area contributed by atoms with Crippen LogP contribution in [0.2, 0.25) is 0 Å². The van der Waals surface area contributed by atoms with E-state index in [4.69, 9.17) is 5.73 Å². The molecule has 4 nitrogen and oxygen atoms in total. The Bertz CT molecular complexity index is 752. The van der Waals surface area contributed by atoms with Crippen molar-refractivity contribution in [3.05, 3.63) is 71.9 Å². The Morgan fingerprint density at radius 2 is 1.71 bits per heavy atom. The molecule has 0 bridgehead atoms. The molecule has 4 heteroatoms. The summed E-state index contributed by atoms with van der Waals surface area (Å²) in [6, 6.07) is 17.8. The number of hydrogen-bond donors (Lipinski definition) is 1. The average Bonchev–Trinajstić information content (AvgIpc) is 2.56. The van der Waals surface area contributed by atoms with E-state index in [0.29, 0.717) is 5.69 Å². The van der Waals surface area contributed by atoms with E-state index in [1.165, 1.54) is 0 Å². The summed E-state index contributed by atoms with van der Waals surface area (Å²) >= 11 is 0. The number of rotatable bonds is 3. The average molecular weight is 274 g/mol. The lowest BCUT2D eigenvalue weighted by molar-refractivity contribution is 0.871. The molecule has 1 aromatic heterocycles. The Labute approximate surface area is 123 Å². The second-order valence-electron chi connectivity index (χ2n) is 4.56. The van der Waals surface area contributed by atoms with Gasteiger partial charge in [-0.3, -0.25) is 0 Å². The number of hydrogen-bond acceptors (Lipinski definition) is 4. The van der Waals surface area contributed by atoms with Crippen molar-refractivity contribution >= 4 is 17.8 Å².